The van der Waals surface area contributed by atoms with E-state index in [0.717, 1.165) is 25.1 Å². The van der Waals surface area contributed by atoms with Crippen LogP contribution in [0.15, 0.2) is 48.5 Å². The summed E-state index contributed by atoms with van der Waals surface area (Å²) in [6.45, 7) is 14.9. The highest BCUT2D eigenvalue weighted by Crippen LogP contribution is 2.32. The second-order valence-electron chi connectivity index (χ2n) is 9.95. The largest absolute Gasteiger partial charge is 0.338 e. The normalized spacial score (nSPS) is 18.0. The highest BCUT2D eigenvalue weighted by molar-refractivity contribution is 5.95. The summed E-state index contributed by atoms with van der Waals surface area (Å²) in [5, 5.41) is 0. The van der Waals surface area contributed by atoms with E-state index in [0.29, 0.717) is 5.92 Å². The zero-order chi connectivity index (χ0) is 19.8. The molecule has 1 aliphatic rings. The van der Waals surface area contributed by atoms with Gasteiger partial charge in [0, 0.05) is 24.6 Å². The molecule has 3 rings (SSSR count). The SMILES string of the molecule is CC(C)(C)c1cc(C(=O)N2CCC(c3ccccc3)C2)cc(C(C)(C)C)c1. The molecule has 2 aromatic carbocycles. The zero-order valence-electron chi connectivity index (χ0n) is 17.7. The summed E-state index contributed by atoms with van der Waals surface area (Å²) >= 11 is 0. The fourth-order valence-corrected chi connectivity index (χ4v) is 3.74. The van der Waals surface area contributed by atoms with Crippen molar-refractivity contribution in [3.63, 3.8) is 0 Å². The molecule has 1 aliphatic heterocycles. The molecule has 27 heavy (non-hydrogen) atoms. The van der Waals surface area contributed by atoms with Crippen LogP contribution in [0.4, 0.5) is 0 Å². The number of carbonyl (C=O) groups is 1. The molecule has 144 valence electrons. The molecule has 1 amide bonds. The van der Waals surface area contributed by atoms with Gasteiger partial charge < -0.3 is 4.90 Å². The predicted molar refractivity (Wildman–Crippen MR) is 114 cm³/mol. The third-order valence-electron chi connectivity index (χ3n) is 5.66. The molecule has 2 nitrogen and oxygen atoms in total. The molecule has 1 atom stereocenters. The topological polar surface area (TPSA) is 20.3 Å². The second kappa shape index (κ2) is 7.14. The van der Waals surface area contributed by atoms with Crippen LogP contribution in [0.5, 0.6) is 0 Å². The maximum atomic E-state index is 13.3. The molecule has 1 fully saturated rings. The minimum Gasteiger partial charge on any atom is -0.338 e. The van der Waals surface area contributed by atoms with E-state index < -0.39 is 0 Å². The van der Waals surface area contributed by atoms with Crippen LogP contribution in [-0.4, -0.2) is 23.9 Å². The van der Waals surface area contributed by atoms with Gasteiger partial charge in [0.15, 0.2) is 0 Å². The maximum Gasteiger partial charge on any atom is 0.253 e. The molecule has 0 N–H and O–H groups in total. The van der Waals surface area contributed by atoms with Crippen LogP contribution < -0.4 is 0 Å². The minimum absolute atomic E-state index is 0.0217. The Morgan fingerprint density at radius 1 is 0.889 bits per heavy atom. The summed E-state index contributed by atoms with van der Waals surface area (Å²) in [6, 6.07) is 17.1. The van der Waals surface area contributed by atoms with Gasteiger partial charge in [0.1, 0.15) is 0 Å². The lowest BCUT2D eigenvalue weighted by Gasteiger charge is -2.27. The van der Waals surface area contributed by atoms with Crippen LogP contribution in [0, 0.1) is 0 Å². The molecule has 1 saturated heterocycles. The van der Waals surface area contributed by atoms with Crippen LogP contribution in [0.25, 0.3) is 0 Å². The lowest BCUT2D eigenvalue weighted by molar-refractivity contribution is 0.0790. The molecule has 1 heterocycles. The van der Waals surface area contributed by atoms with Gasteiger partial charge in [-0.25, -0.2) is 0 Å². The minimum atomic E-state index is 0.0217. The first kappa shape index (κ1) is 19.7. The van der Waals surface area contributed by atoms with Crippen molar-refractivity contribution >= 4 is 5.91 Å². The highest BCUT2D eigenvalue weighted by Gasteiger charge is 2.29. The van der Waals surface area contributed by atoms with Crippen molar-refractivity contribution in [2.45, 2.75) is 64.7 Å². The predicted octanol–water partition coefficient (Wildman–Crippen LogP) is 5.91. The van der Waals surface area contributed by atoms with E-state index in [1.807, 2.05) is 11.0 Å². The Hall–Kier alpha value is -2.09. The van der Waals surface area contributed by atoms with Crippen LogP contribution in [-0.2, 0) is 10.8 Å². The van der Waals surface area contributed by atoms with E-state index >= 15 is 0 Å². The summed E-state index contributed by atoms with van der Waals surface area (Å²) in [4.78, 5) is 15.3. The summed E-state index contributed by atoms with van der Waals surface area (Å²) < 4.78 is 0. The molecule has 0 saturated carbocycles. The Balaban J connectivity index is 1.88. The molecule has 2 aromatic rings. The fourth-order valence-electron chi connectivity index (χ4n) is 3.74. The first-order chi connectivity index (χ1) is 12.6. The Morgan fingerprint density at radius 2 is 1.44 bits per heavy atom. The van der Waals surface area contributed by atoms with Crippen LogP contribution in [0.2, 0.25) is 0 Å². The molecule has 0 aliphatic carbocycles. The first-order valence-electron chi connectivity index (χ1n) is 10.1. The van der Waals surface area contributed by atoms with E-state index in [2.05, 4.69) is 84.0 Å². The number of carbonyl (C=O) groups excluding carboxylic acids is 1. The van der Waals surface area contributed by atoms with Gasteiger partial charge in [-0.1, -0.05) is 77.9 Å². The zero-order valence-corrected chi connectivity index (χ0v) is 17.7. The summed E-state index contributed by atoms with van der Waals surface area (Å²) in [6.07, 6.45) is 1.04. The number of hydrogen-bond acceptors (Lipinski definition) is 1. The standard InChI is InChI=1S/C25H33NO/c1-24(2,3)21-14-20(15-22(16-21)25(4,5)6)23(27)26-13-12-19(17-26)18-10-8-7-9-11-18/h7-11,14-16,19H,12-13,17H2,1-6H3. The molecular weight excluding hydrogens is 330 g/mol. The average molecular weight is 364 g/mol. The number of amides is 1. The monoisotopic (exact) mass is 363 g/mol. The molecule has 0 bridgehead atoms. The van der Waals surface area contributed by atoms with Crippen molar-refractivity contribution in [2.24, 2.45) is 0 Å². The van der Waals surface area contributed by atoms with E-state index in [-0.39, 0.29) is 16.7 Å². The van der Waals surface area contributed by atoms with Gasteiger partial charge in [-0.05, 0) is 46.1 Å². The van der Waals surface area contributed by atoms with Crippen molar-refractivity contribution in [3.05, 3.63) is 70.8 Å². The fraction of sp³-hybridized carbons (Fsp3) is 0.480. The summed E-state index contributed by atoms with van der Waals surface area (Å²) in [5.74, 6) is 0.619. The Morgan fingerprint density at radius 3 is 1.96 bits per heavy atom. The van der Waals surface area contributed by atoms with Gasteiger partial charge in [-0.3, -0.25) is 4.79 Å². The third-order valence-corrected chi connectivity index (χ3v) is 5.66. The lowest BCUT2D eigenvalue weighted by Crippen LogP contribution is -2.29. The van der Waals surface area contributed by atoms with Crippen molar-refractivity contribution in [2.75, 3.05) is 13.1 Å². The number of nitrogens with zero attached hydrogens (tertiary/aromatic N) is 1. The van der Waals surface area contributed by atoms with Crippen LogP contribution in [0.3, 0.4) is 0 Å². The molecule has 0 spiro atoms. The number of likely N-dealkylation sites (tertiary alicyclic amines) is 1. The van der Waals surface area contributed by atoms with Crippen LogP contribution >= 0.6 is 0 Å². The van der Waals surface area contributed by atoms with E-state index in [1.165, 1.54) is 16.7 Å². The van der Waals surface area contributed by atoms with Crippen molar-refractivity contribution in [1.29, 1.82) is 0 Å². The van der Waals surface area contributed by atoms with Gasteiger partial charge in [0.2, 0.25) is 0 Å². The van der Waals surface area contributed by atoms with E-state index in [9.17, 15) is 4.79 Å². The summed E-state index contributed by atoms with van der Waals surface area (Å²) in [5.41, 5.74) is 4.68. The molecule has 1 unspecified atom stereocenters. The Kier molecular flexibility index (Phi) is 5.20. The second-order valence-corrected chi connectivity index (χ2v) is 9.95. The van der Waals surface area contributed by atoms with Gasteiger partial charge in [-0.2, -0.15) is 0 Å². The van der Waals surface area contributed by atoms with Gasteiger partial charge >= 0.3 is 0 Å². The summed E-state index contributed by atoms with van der Waals surface area (Å²) in [7, 11) is 0. The molecular formula is C25H33NO. The quantitative estimate of drug-likeness (QED) is 0.649. The lowest BCUT2D eigenvalue weighted by atomic mass is 9.79. The van der Waals surface area contributed by atoms with Crippen molar-refractivity contribution in [1.82, 2.24) is 4.90 Å². The van der Waals surface area contributed by atoms with Crippen LogP contribution in [0.1, 0.15) is 80.9 Å². The van der Waals surface area contributed by atoms with E-state index in [1.54, 1.807) is 0 Å². The number of hydrogen-bond donors (Lipinski definition) is 0. The number of rotatable bonds is 2. The van der Waals surface area contributed by atoms with Crippen molar-refractivity contribution < 1.29 is 4.79 Å². The molecule has 0 aromatic heterocycles. The van der Waals surface area contributed by atoms with Gasteiger partial charge in [0.25, 0.3) is 5.91 Å². The third kappa shape index (κ3) is 4.43. The highest BCUT2D eigenvalue weighted by atomic mass is 16.2. The van der Waals surface area contributed by atoms with Crippen molar-refractivity contribution in [3.8, 4) is 0 Å². The number of benzene rings is 2. The molecule has 2 heteroatoms. The average Bonchev–Trinajstić information content (AvgIpc) is 3.10. The van der Waals surface area contributed by atoms with Gasteiger partial charge in [-0.15, -0.1) is 0 Å². The first-order valence-corrected chi connectivity index (χ1v) is 10.1. The Bertz CT molecular complexity index is 776. The Labute approximate surface area is 164 Å². The smallest absolute Gasteiger partial charge is 0.253 e. The van der Waals surface area contributed by atoms with Gasteiger partial charge in [0.05, 0.1) is 0 Å². The maximum absolute atomic E-state index is 13.3. The molecule has 0 radical (unpaired) electrons. The van der Waals surface area contributed by atoms with E-state index in [4.69, 9.17) is 0 Å².